The van der Waals surface area contributed by atoms with E-state index in [2.05, 4.69) is 70.1 Å². The van der Waals surface area contributed by atoms with E-state index in [1.165, 1.54) is 5.57 Å². The summed E-state index contributed by atoms with van der Waals surface area (Å²) in [5, 5.41) is 3.33. The highest BCUT2D eigenvalue weighted by Crippen LogP contribution is 2.35. The van der Waals surface area contributed by atoms with Crippen molar-refractivity contribution < 1.29 is 0 Å². The third kappa shape index (κ3) is 4.44. The summed E-state index contributed by atoms with van der Waals surface area (Å²) < 4.78 is 0. The summed E-state index contributed by atoms with van der Waals surface area (Å²) in [5.74, 6) is 0. The van der Waals surface area contributed by atoms with E-state index >= 15 is 0 Å². The summed E-state index contributed by atoms with van der Waals surface area (Å²) in [6.07, 6.45) is 12.1. The molecule has 1 aliphatic carbocycles. The van der Waals surface area contributed by atoms with Crippen molar-refractivity contribution in [2.45, 2.75) is 33.6 Å². The lowest BCUT2D eigenvalue weighted by Crippen LogP contribution is -2.17. The number of allylic oxidation sites excluding steroid dienone is 7. The maximum atomic E-state index is 4.18. The van der Waals surface area contributed by atoms with Crippen LogP contribution in [0.2, 0.25) is 0 Å². The smallest absolute Gasteiger partial charge is 0.0384 e. The highest BCUT2D eigenvalue weighted by molar-refractivity contribution is 5.39. The topological polar surface area (TPSA) is 12.0 Å². The lowest BCUT2D eigenvalue weighted by molar-refractivity contribution is 0.456. The Morgan fingerprint density at radius 3 is 2.68 bits per heavy atom. The van der Waals surface area contributed by atoms with Gasteiger partial charge in [-0.25, -0.2) is 0 Å². The standard InChI is InChI=1S/C18H25N/c1-7-9-15(4)19-17-11-10-14(3)18(5,6)13-16(8-2)12-17/h7-8,10-12,19H,1,3-4,9,13H2,2,5-6H3/b11-10+,16-8-,17-12+. The minimum atomic E-state index is 0.0957. The number of rotatable bonds is 4. The van der Waals surface area contributed by atoms with E-state index in [4.69, 9.17) is 0 Å². The van der Waals surface area contributed by atoms with E-state index in [1.54, 1.807) is 0 Å². The first-order valence-electron chi connectivity index (χ1n) is 6.69. The van der Waals surface area contributed by atoms with E-state index in [1.807, 2.05) is 6.08 Å². The lowest BCUT2D eigenvalue weighted by Gasteiger charge is -2.28. The van der Waals surface area contributed by atoms with Crippen LogP contribution in [0.1, 0.15) is 33.6 Å². The minimum absolute atomic E-state index is 0.0957. The Hall–Kier alpha value is -1.76. The van der Waals surface area contributed by atoms with Gasteiger partial charge in [-0.3, -0.25) is 0 Å². The van der Waals surface area contributed by atoms with Crippen LogP contribution in [0.25, 0.3) is 0 Å². The fourth-order valence-electron chi connectivity index (χ4n) is 2.03. The molecule has 0 atom stereocenters. The van der Waals surface area contributed by atoms with Crippen molar-refractivity contribution in [2.75, 3.05) is 0 Å². The van der Waals surface area contributed by atoms with Gasteiger partial charge in [0.2, 0.25) is 0 Å². The highest BCUT2D eigenvalue weighted by atomic mass is 14.9. The van der Waals surface area contributed by atoms with Crippen molar-refractivity contribution >= 4 is 0 Å². The third-order valence-electron chi connectivity index (χ3n) is 3.40. The zero-order valence-electron chi connectivity index (χ0n) is 12.4. The summed E-state index contributed by atoms with van der Waals surface area (Å²) in [6, 6.07) is 0. The van der Waals surface area contributed by atoms with Gasteiger partial charge in [0.05, 0.1) is 0 Å². The van der Waals surface area contributed by atoms with Crippen LogP contribution in [0.3, 0.4) is 0 Å². The van der Waals surface area contributed by atoms with E-state index in [0.29, 0.717) is 0 Å². The monoisotopic (exact) mass is 255 g/mol. The van der Waals surface area contributed by atoms with E-state index in [9.17, 15) is 0 Å². The molecule has 0 aromatic rings. The zero-order valence-corrected chi connectivity index (χ0v) is 12.4. The van der Waals surface area contributed by atoms with Crippen molar-refractivity contribution in [2.24, 2.45) is 5.41 Å². The van der Waals surface area contributed by atoms with Gasteiger partial charge in [0.1, 0.15) is 0 Å². The van der Waals surface area contributed by atoms with Gasteiger partial charge in [-0.05, 0) is 42.1 Å². The Labute approximate surface area is 117 Å². The Morgan fingerprint density at radius 2 is 2.11 bits per heavy atom. The second-order valence-corrected chi connectivity index (χ2v) is 5.60. The van der Waals surface area contributed by atoms with Gasteiger partial charge in [-0.1, -0.05) is 45.2 Å². The Bertz CT molecular complexity index is 470. The van der Waals surface area contributed by atoms with Gasteiger partial charge in [-0.2, -0.15) is 0 Å². The lowest BCUT2D eigenvalue weighted by atomic mass is 9.78. The molecule has 1 rings (SSSR count). The first-order valence-corrected chi connectivity index (χ1v) is 6.69. The number of nitrogens with one attached hydrogen (secondary N) is 1. The van der Waals surface area contributed by atoms with E-state index in [-0.39, 0.29) is 5.41 Å². The molecule has 0 saturated heterocycles. The van der Waals surface area contributed by atoms with Crippen molar-refractivity contribution in [1.82, 2.24) is 5.32 Å². The van der Waals surface area contributed by atoms with Crippen LogP contribution in [-0.2, 0) is 0 Å². The molecule has 1 heteroatoms. The first kappa shape index (κ1) is 15.3. The van der Waals surface area contributed by atoms with E-state index in [0.717, 1.165) is 29.8 Å². The molecule has 0 saturated carbocycles. The molecule has 0 aliphatic heterocycles. The molecule has 0 amide bonds. The summed E-state index contributed by atoms with van der Waals surface area (Å²) in [4.78, 5) is 0. The van der Waals surface area contributed by atoms with Crippen LogP contribution >= 0.6 is 0 Å². The third-order valence-corrected chi connectivity index (χ3v) is 3.40. The first-order chi connectivity index (χ1) is 8.89. The summed E-state index contributed by atoms with van der Waals surface area (Å²) in [5.41, 5.74) is 4.56. The molecule has 0 heterocycles. The maximum Gasteiger partial charge on any atom is 0.0384 e. The van der Waals surface area contributed by atoms with Gasteiger partial charge in [-0.15, -0.1) is 6.58 Å². The second-order valence-electron chi connectivity index (χ2n) is 5.60. The second kappa shape index (κ2) is 6.42. The molecule has 102 valence electrons. The molecule has 0 fully saturated rings. The normalized spacial score (nSPS) is 24.9. The summed E-state index contributed by atoms with van der Waals surface area (Å²) in [7, 11) is 0. The molecule has 0 bridgehead atoms. The van der Waals surface area contributed by atoms with Gasteiger partial charge in [0, 0.05) is 17.8 Å². The average molecular weight is 255 g/mol. The van der Waals surface area contributed by atoms with Crippen molar-refractivity contribution in [1.29, 1.82) is 0 Å². The van der Waals surface area contributed by atoms with Gasteiger partial charge < -0.3 is 5.32 Å². The highest BCUT2D eigenvalue weighted by Gasteiger charge is 2.22. The largest absolute Gasteiger partial charge is 0.359 e. The quantitative estimate of drug-likeness (QED) is 0.694. The molecule has 0 aromatic carbocycles. The van der Waals surface area contributed by atoms with Crippen LogP contribution in [0.4, 0.5) is 0 Å². The SMILES string of the molecule is C=CCC(=C)NC1=C/C(=C/C)CC(C)(C)C(=C)\C=C\1. The fourth-order valence-corrected chi connectivity index (χ4v) is 2.03. The summed E-state index contributed by atoms with van der Waals surface area (Å²) >= 11 is 0. The van der Waals surface area contributed by atoms with Crippen LogP contribution in [0, 0.1) is 5.41 Å². The van der Waals surface area contributed by atoms with Crippen molar-refractivity contribution in [3.05, 3.63) is 72.7 Å². The Morgan fingerprint density at radius 1 is 1.42 bits per heavy atom. The van der Waals surface area contributed by atoms with Gasteiger partial charge in [0.25, 0.3) is 0 Å². The molecule has 0 aromatic heterocycles. The molecule has 0 spiro atoms. The van der Waals surface area contributed by atoms with Gasteiger partial charge in [0.15, 0.2) is 0 Å². The predicted molar refractivity (Wildman–Crippen MR) is 85.6 cm³/mol. The Kier molecular flexibility index (Phi) is 5.17. The average Bonchev–Trinajstić information content (AvgIpc) is 2.33. The van der Waals surface area contributed by atoms with Crippen LogP contribution in [0.5, 0.6) is 0 Å². The van der Waals surface area contributed by atoms with Gasteiger partial charge >= 0.3 is 0 Å². The van der Waals surface area contributed by atoms with E-state index < -0.39 is 0 Å². The molecule has 1 nitrogen and oxygen atoms in total. The number of hydrogen-bond acceptors (Lipinski definition) is 1. The van der Waals surface area contributed by atoms with Crippen molar-refractivity contribution in [3.8, 4) is 0 Å². The fraction of sp³-hybridized carbons (Fsp3) is 0.333. The molecule has 0 radical (unpaired) electrons. The summed E-state index contributed by atoms with van der Waals surface area (Å²) in [6.45, 7) is 18.4. The predicted octanol–water partition coefficient (Wildman–Crippen LogP) is 5.04. The zero-order chi connectivity index (χ0) is 14.5. The minimum Gasteiger partial charge on any atom is -0.359 e. The van der Waals surface area contributed by atoms with Crippen molar-refractivity contribution in [3.63, 3.8) is 0 Å². The van der Waals surface area contributed by atoms with Crippen LogP contribution < -0.4 is 5.32 Å². The molecular formula is C18H25N. The molecular weight excluding hydrogens is 230 g/mol. The maximum absolute atomic E-state index is 4.18. The molecule has 1 N–H and O–H groups in total. The molecule has 19 heavy (non-hydrogen) atoms. The van der Waals surface area contributed by atoms with Crippen LogP contribution in [-0.4, -0.2) is 0 Å². The Balaban J connectivity index is 3.00. The van der Waals surface area contributed by atoms with Crippen LogP contribution in [0.15, 0.2) is 72.7 Å². The molecule has 0 unspecified atom stereocenters. The number of hydrogen-bond donors (Lipinski definition) is 1. The molecule has 1 aliphatic rings.